The van der Waals surface area contributed by atoms with E-state index in [0.717, 1.165) is 17.0 Å². The Bertz CT molecular complexity index is 907. The Kier molecular flexibility index (Phi) is 5.99. The molecule has 0 radical (unpaired) electrons. The Morgan fingerprint density at radius 3 is 2.33 bits per heavy atom. The van der Waals surface area contributed by atoms with Crippen LogP contribution in [-0.2, 0) is 10.0 Å². The highest BCUT2D eigenvalue weighted by Gasteiger charge is 2.29. The Hall–Kier alpha value is -1.76. The van der Waals surface area contributed by atoms with Crippen LogP contribution in [0.25, 0.3) is 0 Å². The second kappa shape index (κ2) is 8.09. The first kappa shape index (κ1) is 20.0. The molecule has 0 N–H and O–H groups in total. The lowest BCUT2D eigenvalue weighted by molar-refractivity contribution is 0.384. The van der Waals surface area contributed by atoms with Gasteiger partial charge in [-0.15, -0.1) is 0 Å². The maximum absolute atomic E-state index is 13.1. The van der Waals surface area contributed by atoms with Crippen LogP contribution in [0.5, 0.6) is 5.75 Å². The van der Waals surface area contributed by atoms with Gasteiger partial charge in [-0.25, -0.2) is 8.42 Å². The van der Waals surface area contributed by atoms with Gasteiger partial charge in [-0.05, 0) is 47.9 Å². The van der Waals surface area contributed by atoms with Crippen LogP contribution < -0.4 is 9.64 Å². The van der Waals surface area contributed by atoms with Crippen molar-refractivity contribution in [3.8, 4) is 5.75 Å². The summed E-state index contributed by atoms with van der Waals surface area (Å²) in [5.41, 5.74) is 1.92. The average Bonchev–Trinajstić information content (AvgIpc) is 2.67. The van der Waals surface area contributed by atoms with E-state index in [1.165, 1.54) is 0 Å². The van der Waals surface area contributed by atoms with Gasteiger partial charge >= 0.3 is 0 Å². The number of anilines is 1. The highest BCUT2D eigenvalue weighted by atomic mass is 35.5. The molecule has 0 bridgehead atoms. The summed E-state index contributed by atoms with van der Waals surface area (Å²) in [5.74, 6) is 0.893. The largest absolute Gasteiger partial charge is 0.496 e. The molecule has 1 saturated heterocycles. The van der Waals surface area contributed by atoms with Gasteiger partial charge in [-0.1, -0.05) is 31.5 Å². The molecule has 2 aromatic rings. The van der Waals surface area contributed by atoms with Crippen LogP contribution in [0, 0.1) is 0 Å². The van der Waals surface area contributed by atoms with Gasteiger partial charge in [0.15, 0.2) is 0 Å². The number of halogens is 1. The molecule has 1 aliphatic rings. The highest BCUT2D eigenvalue weighted by molar-refractivity contribution is 7.89. The third kappa shape index (κ3) is 4.23. The first-order valence-electron chi connectivity index (χ1n) is 9.01. The van der Waals surface area contributed by atoms with Crippen LogP contribution in [0.2, 0.25) is 5.02 Å². The molecule has 3 rings (SSSR count). The third-order valence-electron chi connectivity index (χ3n) is 4.87. The molecule has 0 atom stereocenters. The number of benzene rings is 2. The van der Waals surface area contributed by atoms with E-state index in [2.05, 4.69) is 4.90 Å². The SMILES string of the molecule is COc1ccc(S(=O)(=O)N2CCN(c3cccc(Cl)c3)CC2)cc1C(C)C. The van der Waals surface area contributed by atoms with E-state index in [1.807, 2.05) is 38.1 Å². The maximum Gasteiger partial charge on any atom is 0.243 e. The van der Waals surface area contributed by atoms with Crippen LogP contribution in [-0.4, -0.2) is 46.0 Å². The minimum absolute atomic E-state index is 0.176. The number of hydrogen-bond donors (Lipinski definition) is 0. The number of methoxy groups -OCH3 is 1. The van der Waals surface area contributed by atoms with Crippen molar-refractivity contribution in [1.29, 1.82) is 0 Å². The fourth-order valence-electron chi connectivity index (χ4n) is 3.33. The number of hydrogen-bond acceptors (Lipinski definition) is 4. The van der Waals surface area contributed by atoms with Gasteiger partial charge in [0.25, 0.3) is 0 Å². The Balaban J connectivity index is 1.78. The van der Waals surface area contributed by atoms with E-state index in [-0.39, 0.29) is 5.92 Å². The smallest absolute Gasteiger partial charge is 0.243 e. The second-order valence-corrected chi connectivity index (χ2v) is 9.30. The third-order valence-corrected chi connectivity index (χ3v) is 7.00. The van der Waals surface area contributed by atoms with E-state index in [1.54, 1.807) is 29.6 Å². The van der Waals surface area contributed by atoms with Crippen LogP contribution in [0.15, 0.2) is 47.4 Å². The minimum atomic E-state index is -3.53. The molecule has 7 heteroatoms. The van der Waals surface area contributed by atoms with Crippen molar-refractivity contribution >= 4 is 27.3 Å². The van der Waals surface area contributed by atoms with Crippen molar-refractivity contribution in [1.82, 2.24) is 4.31 Å². The van der Waals surface area contributed by atoms with Crippen molar-refractivity contribution < 1.29 is 13.2 Å². The van der Waals surface area contributed by atoms with Crippen LogP contribution >= 0.6 is 11.6 Å². The van der Waals surface area contributed by atoms with Crippen LogP contribution in [0.4, 0.5) is 5.69 Å². The van der Waals surface area contributed by atoms with E-state index in [0.29, 0.717) is 36.1 Å². The van der Waals surface area contributed by atoms with Gasteiger partial charge < -0.3 is 9.64 Å². The quantitative estimate of drug-likeness (QED) is 0.750. The fraction of sp³-hybridized carbons (Fsp3) is 0.400. The molecule has 1 aliphatic heterocycles. The second-order valence-electron chi connectivity index (χ2n) is 6.93. The van der Waals surface area contributed by atoms with Gasteiger partial charge in [0.1, 0.15) is 5.75 Å². The minimum Gasteiger partial charge on any atom is -0.496 e. The molecule has 146 valence electrons. The van der Waals surface area contributed by atoms with Gasteiger partial charge in [0.05, 0.1) is 12.0 Å². The van der Waals surface area contributed by atoms with Gasteiger partial charge in [0.2, 0.25) is 10.0 Å². The summed E-state index contributed by atoms with van der Waals surface area (Å²) in [6.45, 7) is 6.20. The van der Waals surface area contributed by atoms with E-state index in [4.69, 9.17) is 16.3 Å². The zero-order valence-electron chi connectivity index (χ0n) is 15.9. The molecule has 27 heavy (non-hydrogen) atoms. The summed E-state index contributed by atoms with van der Waals surface area (Å²) in [6.07, 6.45) is 0. The van der Waals surface area contributed by atoms with E-state index >= 15 is 0 Å². The first-order valence-corrected chi connectivity index (χ1v) is 10.8. The number of sulfonamides is 1. The van der Waals surface area contributed by atoms with Crippen LogP contribution in [0.3, 0.4) is 0 Å². The number of nitrogens with zero attached hydrogens (tertiary/aromatic N) is 2. The first-order chi connectivity index (χ1) is 12.8. The molecule has 1 heterocycles. The van der Waals surface area contributed by atoms with Crippen molar-refractivity contribution in [2.75, 3.05) is 38.2 Å². The molecule has 0 amide bonds. The van der Waals surface area contributed by atoms with Crippen LogP contribution in [0.1, 0.15) is 25.3 Å². The Morgan fingerprint density at radius 2 is 1.74 bits per heavy atom. The lowest BCUT2D eigenvalue weighted by Gasteiger charge is -2.35. The molecule has 0 unspecified atom stereocenters. The maximum atomic E-state index is 13.1. The van der Waals surface area contributed by atoms with Crippen molar-refractivity contribution in [3.05, 3.63) is 53.1 Å². The lowest BCUT2D eigenvalue weighted by Crippen LogP contribution is -2.48. The number of ether oxygens (including phenoxy) is 1. The normalized spacial score (nSPS) is 16.0. The molecular formula is C20H25ClN2O3S. The van der Waals surface area contributed by atoms with E-state index in [9.17, 15) is 8.42 Å². The fourth-order valence-corrected chi connectivity index (χ4v) is 4.98. The molecule has 0 aliphatic carbocycles. The molecule has 0 saturated carbocycles. The molecule has 0 spiro atoms. The zero-order chi connectivity index (χ0) is 19.6. The lowest BCUT2D eigenvalue weighted by atomic mass is 10.0. The standard InChI is InChI=1S/C20H25ClN2O3S/c1-15(2)19-14-18(7-8-20(19)26-3)27(24,25)23-11-9-22(10-12-23)17-6-4-5-16(21)13-17/h4-8,13-15H,9-12H2,1-3H3. The van der Waals surface area contributed by atoms with Crippen molar-refractivity contribution in [2.45, 2.75) is 24.7 Å². The Labute approximate surface area is 166 Å². The van der Waals surface area contributed by atoms with Crippen molar-refractivity contribution in [3.63, 3.8) is 0 Å². The summed E-state index contributed by atoms with van der Waals surface area (Å²) in [6, 6.07) is 12.8. The topological polar surface area (TPSA) is 49.9 Å². The summed E-state index contributed by atoms with van der Waals surface area (Å²) in [7, 11) is -1.93. The highest BCUT2D eigenvalue weighted by Crippen LogP contribution is 2.30. The average molecular weight is 409 g/mol. The van der Waals surface area contributed by atoms with Gasteiger partial charge in [0, 0.05) is 36.9 Å². The summed E-state index contributed by atoms with van der Waals surface area (Å²) in [5, 5.41) is 0.682. The zero-order valence-corrected chi connectivity index (χ0v) is 17.4. The Morgan fingerprint density at radius 1 is 1.04 bits per heavy atom. The molecule has 1 fully saturated rings. The monoisotopic (exact) mass is 408 g/mol. The summed E-state index contributed by atoms with van der Waals surface area (Å²) < 4.78 is 33.1. The summed E-state index contributed by atoms with van der Waals surface area (Å²) >= 11 is 6.07. The number of rotatable bonds is 5. The molecule has 2 aromatic carbocycles. The molecular weight excluding hydrogens is 384 g/mol. The summed E-state index contributed by atoms with van der Waals surface area (Å²) in [4.78, 5) is 2.48. The van der Waals surface area contributed by atoms with E-state index < -0.39 is 10.0 Å². The predicted molar refractivity (Wildman–Crippen MR) is 110 cm³/mol. The molecule has 5 nitrogen and oxygen atoms in total. The van der Waals surface area contributed by atoms with Crippen molar-refractivity contribution in [2.24, 2.45) is 0 Å². The predicted octanol–water partition coefficient (Wildman–Crippen LogP) is 3.98. The van der Waals surface area contributed by atoms with Gasteiger partial charge in [-0.2, -0.15) is 4.31 Å². The number of piperazine rings is 1. The molecule has 0 aromatic heterocycles. The van der Waals surface area contributed by atoms with Gasteiger partial charge in [-0.3, -0.25) is 0 Å².